The number of aliphatic carboxylic acids is 1. The number of hydrogen-bond acceptors (Lipinski definition) is 2. The van der Waals surface area contributed by atoms with Crippen LogP contribution in [0.1, 0.15) is 72.6 Å². The quantitative estimate of drug-likeness (QED) is 0.578. The first-order chi connectivity index (χ1) is 10.6. The molecule has 2 aliphatic rings. The first-order valence-electron chi connectivity index (χ1n) is 8.70. The van der Waals surface area contributed by atoms with Crippen LogP contribution in [0.15, 0.2) is 23.3 Å². The molecule has 0 saturated heterocycles. The summed E-state index contributed by atoms with van der Waals surface area (Å²) in [6.45, 7) is 12.9. The number of hydrogen-bond donors (Lipinski definition) is 1. The summed E-state index contributed by atoms with van der Waals surface area (Å²) in [6, 6.07) is 0. The van der Waals surface area contributed by atoms with Crippen LogP contribution in [0.5, 0.6) is 0 Å². The number of allylic oxidation sites excluding steroid dienone is 2. The number of carbonyl (C=O) groups is 2. The Morgan fingerprint density at radius 1 is 1.26 bits per heavy atom. The molecule has 0 aromatic rings. The minimum absolute atomic E-state index is 0.0727. The predicted molar refractivity (Wildman–Crippen MR) is 92.2 cm³/mol. The van der Waals surface area contributed by atoms with E-state index in [9.17, 15) is 9.59 Å². The molecule has 0 aromatic carbocycles. The third kappa shape index (κ3) is 3.44. The molecule has 0 unspecified atom stereocenters. The largest absolute Gasteiger partial charge is 0.481 e. The molecule has 2 aliphatic carbocycles. The summed E-state index contributed by atoms with van der Waals surface area (Å²) in [5.41, 5.74) is 3.19. The molecule has 3 heteroatoms. The molecule has 1 N–H and O–H groups in total. The molecule has 0 aliphatic heterocycles. The Morgan fingerprint density at radius 2 is 1.91 bits per heavy atom. The third-order valence-electron chi connectivity index (χ3n) is 6.34. The lowest BCUT2D eigenvalue weighted by molar-refractivity contribution is -0.137. The summed E-state index contributed by atoms with van der Waals surface area (Å²) in [5, 5.41) is 8.87. The monoisotopic (exact) mass is 318 g/mol. The molecule has 1 saturated carbocycles. The fourth-order valence-electron chi connectivity index (χ4n) is 5.11. The van der Waals surface area contributed by atoms with Gasteiger partial charge in [0.25, 0.3) is 0 Å². The van der Waals surface area contributed by atoms with Gasteiger partial charge in [-0.25, -0.2) is 0 Å². The van der Waals surface area contributed by atoms with Crippen molar-refractivity contribution >= 4 is 11.8 Å². The van der Waals surface area contributed by atoms with Crippen molar-refractivity contribution in [3.8, 4) is 0 Å². The lowest BCUT2D eigenvalue weighted by atomic mass is 9.50. The molecule has 128 valence electrons. The van der Waals surface area contributed by atoms with E-state index in [1.807, 2.05) is 0 Å². The Morgan fingerprint density at radius 3 is 2.52 bits per heavy atom. The van der Waals surface area contributed by atoms with Gasteiger partial charge in [-0.15, -0.1) is 0 Å². The molecule has 0 aromatic heterocycles. The molecule has 0 heterocycles. The van der Waals surface area contributed by atoms with Gasteiger partial charge in [-0.3, -0.25) is 9.59 Å². The van der Waals surface area contributed by atoms with Gasteiger partial charge in [0.15, 0.2) is 5.78 Å². The Kier molecular flexibility index (Phi) is 4.89. The number of rotatable bonds is 5. The zero-order chi connectivity index (χ0) is 17.4. The van der Waals surface area contributed by atoms with Crippen molar-refractivity contribution in [2.24, 2.45) is 16.7 Å². The molecular weight excluding hydrogens is 288 g/mol. The van der Waals surface area contributed by atoms with Crippen molar-refractivity contribution in [2.45, 2.75) is 72.6 Å². The van der Waals surface area contributed by atoms with Crippen molar-refractivity contribution in [1.82, 2.24) is 0 Å². The van der Waals surface area contributed by atoms with Crippen molar-refractivity contribution in [2.75, 3.05) is 0 Å². The number of carbonyl (C=O) groups excluding carboxylic acids is 1. The van der Waals surface area contributed by atoms with Crippen molar-refractivity contribution < 1.29 is 14.7 Å². The Bertz CT molecular complexity index is 567. The first-order valence-corrected chi connectivity index (χ1v) is 8.70. The van der Waals surface area contributed by atoms with Crippen LogP contribution in [0.25, 0.3) is 0 Å². The summed E-state index contributed by atoms with van der Waals surface area (Å²) in [7, 11) is 0. The first kappa shape index (κ1) is 18.0. The fraction of sp³-hybridized carbons (Fsp3) is 0.700. The smallest absolute Gasteiger partial charge is 0.307 e. The normalized spacial score (nSPS) is 29.8. The minimum atomic E-state index is -0.986. The molecule has 23 heavy (non-hydrogen) atoms. The molecular formula is C20H30O3. The lowest BCUT2D eigenvalue weighted by Crippen LogP contribution is -2.45. The maximum absolute atomic E-state index is 12.5. The average molecular weight is 318 g/mol. The van der Waals surface area contributed by atoms with Gasteiger partial charge in [0.1, 0.15) is 0 Å². The van der Waals surface area contributed by atoms with E-state index in [1.54, 1.807) is 0 Å². The van der Waals surface area contributed by atoms with Gasteiger partial charge in [0, 0.05) is 6.42 Å². The molecule has 2 rings (SSSR count). The highest BCUT2D eigenvalue weighted by Crippen LogP contribution is 2.60. The second kappa shape index (κ2) is 6.26. The van der Waals surface area contributed by atoms with Crippen molar-refractivity contribution in [1.29, 1.82) is 0 Å². The summed E-state index contributed by atoms with van der Waals surface area (Å²) in [4.78, 5) is 23.3. The van der Waals surface area contributed by atoms with E-state index in [2.05, 4.69) is 34.3 Å². The van der Waals surface area contributed by atoms with Gasteiger partial charge < -0.3 is 5.11 Å². The number of carboxylic acids is 1. The Hall–Kier alpha value is -1.38. The van der Waals surface area contributed by atoms with E-state index in [-0.39, 0.29) is 23.2 Å². The van der Waals surface area contributed by atoms with Gasteiger partial charge in [-0.1, -0.05) is 44.9 Å². The highest BCUT2D eigenvalue weighted by molar-refractivity contribution is 5.99. The van der Waals surface area contributed by atoms with E-state index >= 15 is 0 Å². The summed E-state index contributed by atoms with van der Waals surface area (Å²) < 4.78 is 0. The van der Waals surface area contributed by atoms with Crippen LogP contribution >= 0.6 is 0 Å². The van der Waals surface area contributed by atoms with E-state index in [1.165, 1.54) is 30.4 Å². The zero-order valence-corrected chi connectivity index (χ0v) is 15.0. The van der Waals surface area contributed by atoms with Crippen molar-refractivity contribution in [3.05, 3.63) is 23.3 Å². The van der Waals surface area contributed by atoms with Crippen LogP contribution in [-0.4, -0.2) is 16.9 Å². The minimum Gasteiger partial charge on any atom is -0.481 e. The molecule has 0 spiro atoms. The molecule has 3 nitrogen and oxygen atoms in total. The molecule has 1 fully saturated rings. The SMILES string of the molecule is C=C(CC(=O)O)C(=O)CC1=C(C)CC[C@H]2C(C)(C)CCC[C@@]12C. The van der Waals surface area contributed by atoms with Crippen LogP contribution in [-0.2, 0) is 9.59 Å². The van der Waals surface area contributed by atoms with E-state index < -0.39 is 5.97 Å². The van der Waals surface area contributed by atoms with Crippen LogP contribution < -0.4 is 0 Å². The van der Waals surface area contributed by atoms with Gasteiger partial charge in [0.05, 0.1) is 6.42 Å². The molecule has 0 bridgehead atoms. The topological polar surface area (TPSA) is 54.4 Å². The van der Waals surface area contributed by atoms with E-state index in [0.29, 0.717) is 17.8 Å². The number of ketones is 1. The summed E-state index contributed by atoms with van der Waals surface area (Å²) in [5.74, 6) is -0.490. The Balaban J connectivity index is 2.27. The second-order valence-corrected chi connectivity index (χ2v) is 8.38. The highest BCUT2D eigenvalue weighted by Gasteiger charge is 2.50. The standard InChI is InChI=1S/C20H30O3/c1-13-7-8-17-19(3,4)9-6-10-20(17,5)15(13)12-16(21)14(2)11-18(22)23/h17H,2,6-12H2,1,3-5H3,(H,22,23)/t17-,20-/m0/s1. The number of fused-ring (bicyclic) bond motifs is 1. The molecule has 2 atom stereocenters. The van der Waals surface area contributed by atoms with Crippen LogP contribution in [0.2, 0.25) is 0 Å². The zero-order valence-electron chi connectivity index (χ0n) is 15.0. The van der Waals surface area contributed by atoms with E-state index in [4.69, 9.17) is 5.11 Å². The lowest BCUT2D eigenvalue weighted by Gasteiger charge is -2.55. The fourth-order valence-corrected chi connectivity index (χ4v) is 5.11. The Labute approximate surface area is 139 Å². The molecule has 0 radical (unpaired) electrons. The maximum Gasteiger partial charge on any atom is 0.307 e. The third-order valence-corrected chi connectivity index (χ3v) is 6.34. The number of carboxylic acid groups (broad SMARTS) is 1. The molecule has 0 amide bonds. The second-order valence-electron chi connectivity index (χ2n) is 8.38. The van der Waals surface area contributed by atoms with Gasteiger partial charge in [-0.2, -0.15) is 0 Å². The van der Waals surface area contributed by atoms with Crippen LogP contribution in [0.3, 0.4) is 0 Å². The summed E-state index contributed by atoms with van der Waals surface area (Å²) in [6.07, 6.45) is 5.92. The van der Waals surface area contributed by atoms with Crippen LogP contribution in [0.4, 0.5) is 0 Å². The van der Waals surface area contributed by atoms with Gasteiger partial charge >= 0.3 is 5.97 Å². The van der Waals surface area contributed by atoms with Gasteiger partial charge in [-0.05, 0) is 54.9 Å². The predicted octanol–water partition coefficient (Wildman–Crippen LogP) is 4.92. The van der Waals surface area contributed by atoms with Gasteiger partial charge in [0.2, 0.25) is 0 Å². The summed E-state index contributed by atoms with van der Waals surface area (Å²) >= 11 is 0. The highest BCUT2D eigenvalue weighted by atomic mass is 16.4. The maximum atomic E-state index is 12.5. The number of Topliss-reactive ketones (excluding diaryl/α,β-unsaturated/α-hetero) is 1. The van der Waals surface area contributed by atoms with E-state index in [0.717, 1.165) is 12.8 Å². The average Bonchev–Trinajstić information content (AvgIpc) is 2.40. The van der Waals surface area contributed by atoms with Crippen molar-refractivity contribution in [3.63, 3.8) is 0 Å². The van der Waals surface area contributed by atoms with Crippen LogP contribution in [0, 0.1) is 16.7 Å².